The number of carbonyl (C=O) groups is 1. The lowest BCUT2D eigenvalue weighted by atomic mass is 10.2. The van der Waals surface area contributed by atoms with Crippen molar-refractivity contribution < 1.29 is 13.2 Å². The van der Waals surface area contributed by atoms with Gasteiger partial charge < -0.3 is 0 Å². The lowest BCUT2D eigenvalue weighted by Crippen LogP contribution is -2.11. The van der Waals surface area contributed by atoms with E-state index in [0.717, 1.165) is 5.56 Å². The van der Waals surface area contributed by atoms with Gasteiger partial charge in [0.1, 0.15) is 5.69 Å². The maximum Gasteiger partial charge on any atom is 0.268 e. The largest absolute Gasteiger partial charge is 0.296 e. The van der Waals surface area contributed by atoms with E-state index in [1.54, 1.807) is 36.4 Å². The number of nitrogens with zero attached hydrogens (tertiary/aromatic N) is 2. The average molecular weight is 300 g/mol. The van der Waals surface area contributed by atoms with Crippen molar-refractivity contribution in [2.75, 3.05) is 0 Å². The molecule has 0 aliphatic heterocycles. The number of carbonyl (C=O) groups excluding carboxylic acids is 1. The number of hydrogen-bond donors (Lipinski definition) is 0. The fourth-order valence-electron chi connectivity index (χ4n) is 2.12. The molecule has 0 amide bonds. The molecule has 21 heavy (non-hydrogen) atoms. The molecular formula is C15H12N2O3S. The molecule has 0 saturated heterocycles. The van der Waals surface area contributed by atoms with Crippen molar-refractivity contribution in [3.05, 3.63) is 60.0 Å². The summed E-state index contributed by atoms with van der Waals surface area (Å²) in [5, 5.41) is 0.655. The normalized spacial score (nSPS) is 11.7. The molecule has 6 heteroatoms. The van der Waals surface area contributed by atoms with Gasteiger partial charge in [0.15, 0.2) is 6.29 Å². The Morgan fingerprint density at radius 3 is 2.52 bits per heavy atom. The molecule has 0 bridgehead atoms. The first-order valence-electron chi connectivity index (χ1n) is 6.27. The van der Waals surface area contributed by atoms with E-state index in [-0.39, 0.29) is 10.6 Å². The molecule has 2 heterocycles. The van der Waals surface area contributed by atoms with Gasteiger partial charge in [0.25, 0.3) is 10.0 Å². The van der Waals surface area contributed by atoms with Gasteiger partial charge in [-0.15, -0.1) is 0 Å². The van der Waals surface area contributed by atoms with Crippen LogP contribution in [0.4, 0.5) is 0 Å². The van der Waals surface area contributed by atoms with E-state index in [4.69, 9.17) is 0 Å². The average Bonchev–Trinajstić information content (AvgIpc) is 2.91. The lowest BCUT2D eigenvalue weighted by Gasteiger charge is -2.07. The van der Waals surface area contributed by atoms with Crippen LogP contribution in [0.5, 0.6) is 0 Å². The second-order valence-electron chi connectivity index (χ2n) is 4.72. The minimum atomic E-state index is -3.67. The molecule has 0 saturated carbocycles. The Morgan fingerprint density at radius 1 is 1.14 bits per heavy atom. The van der Waals surface area contributed by atoms with Gasteiger partial charge in [0.05, 0.1) is 16.6 Å². The molecule has 5 nitrogen and oxygen atoms in total. The minimum Gasteiger partial charge on any atom is -0.296 e. The van der Waals surface area contributed by atoms with Crippen molar-refractivity contribution in [2.24, 2.45) is 0 Å². The SMILES string of the molecule is Cc1ccc(S(=O)(=O)n2ccc3cc(C=O)ncc32)cc1. The van der Waals surface area contributed by atoms with Crippen LogP contribution in [0.2, 0.25) is 0 Å². The van der Waals surface area contributed by atoms with Crippen LogP contribution < -0.4 is 0 Å². The van der Waals surface area contributed by atoms with Crippen LogP contribution in [0.25, 0.3) is 10.9 Å². The summed E-state index contributed by atoms with van der Waals surface area (Å²) in [7, 11) is -3.67. The Balaban J connectivity index is 2.19. The van der Waals surface area contributed by atoms with E-state index >= 15 is 0 Å². The minimum absolute atomic E-state index is 0.213. The number of benzene rings is 1. The molecule has 0 spiro atoms. The Bertz CT molecular complexity index is 925. The molecule has 106 valence electrons. The quantitative estimate of drug-likeness (QED) is 0.696. The molecule has 0 N–H and O–H groups in total. The standard InChI is InChI=1S/C15H12N2O3S/c1-11-2-4-14(5-3-11)21(19,20)17-7-6-12-8-13(10-18)16-9-15(12)17/h2-10H,1H3. The molecule has 0 radical (unpaired) electrons. The lowest BCUT2D eigenvalue weighted by molar-refractivity contribution is 0.111. The fourth-order valence-corrected chi connectivity index (χ4v) is 3.46. The number of aldehydes is 1. The smallest absolute Gasteiger partial charge is 0.268 e. The number of aryl methyl sites for hydroxylation is 1. The fraction of sp³-hybridized carbons (Fsp3) is 0.0667. The number of rotatable bonds is 3. The molecule has 3 aromatic rings. The first-order valence-corrected chi connectivity index (χ1v) is 7.71. The maximum atomic E-state index is 12.6. The molecule has 3 rings (SSSR count). The molecule has 0 unspecified atom stereocenters. The van der Waals surface area contributed by atoms with Crippen LogP contribution in [-0.2, 0) is 10.0 Å². The zero-order valence-electron chi connectivity index (χ0n) is 11.2. The van der Waals surface area contributed by atoms with Crippen molar-refractivity contribution in [1.82, 2.24) is 8.96 Å². The van der Waals surface area contributed by atoms with E-state index in [0.29, 0.717) is 17.2 Å². The maximum absolute atomic E-state index is 12.6. The molecular weight excluding hydrogens is 288 g/mol. The topological polar surface area (TPSA) is 69.0 Å². The van der Waals surface area contributed by atoms with E-state index in [1.807, 2.05) is 6.92 Å². The predicted octanol–water partition coefficient (Wildman–Crippen LogP) is 2.39. The first-order chi connectivity index (χ1) is 10.0. The molecule has 0 atom stereocenters. The highest BCUT2D eigenvalue weighted by molar-refractivity contribution is 7.90. The highest BCUT2D eigenvalue weighted by Gasteiger charge is 2.18. The van der Waals surface area contributed by atoms with Crippen LogP contribution in [0.3, 0.4) is 0 Å². The summed E-state index contributed by atoms with van der Waals surface area (Å²) < 4.78 is 26.5. The molecule has 1 aromatic carbocycles. The van der Waals surface area contributed by atoms with Crippen molar-refractivity contribution in [2.45, 2.75) is 11.8 Å². The second-order valence-corrected chi connectivity index (χ2v) is 6.53. The van der Waals surface area contributed by atoms with Gasteiger partial charge in [-0.25, -0.2) is 12.4 Å². The highest BCUT2D eigenvalue weighted by atomic mass is 32.2. The third-order valence-electron chi connectivity index (χ3n) is 3.26. The molecule has 0 aliphatic carbocycles. The summed E-state index contributed by atoms with van der Waals surface area (Å²) in [6, 6.07) is 9.86. The summed E-state index contributed by atoms with van der Waals surface area (Å²) in [4.78, 5) is 14.9. The summed E-state index contributed by atoms with van der Waals surface area (Å²) in [5.74, 6) is 0. The van der Waals surface area contributed by atoms with E-state index < -0.39 is 10.0 Å². The molecule has 0 fully saturated rings. The van der Waals surface area contributed by atoms with Crippen LogP contribution >= 0.6 is 0 Å². The molecule has 2 aromatic heterocycles. The summed E-state index contributed by atoms with van der Waals surface area (Å²) in [6.07, 6.45) is 3.49. The van der Waals surface area contributed by atoms with Crippen molar-refractivity contribution in [1.29, 1.82) is 0 Å². The van der Waals surface area contributed by atoms with Gasteiger partial charge in [0, 0.05) is 11.6 Å². The third-order valence-corrected chi connectivity index (χ3v) is 4.96. The Hall–Kier alpha value is -2.47. The van der Waals surface area contributed by atoms with Gasteiger partial charge in [-0.1, -0.05) is 17.7 Å². The number of aromatic nitrogens is 2. The van der Waals surface area contributed by atoms with Crippen LogP contribution in [0.15, 0.2) is 53.7 Å². The number of hydrogen-bond acceptors (Lipinski definition) is 4. The van der Waals surface area contributed by atoms with Gasteiger partial charge in [-0.05, 0) is 31.2 Å². The first kappa shape index (κ1) is 13.5. The Kier molecular flexibility index (Phi) is 3.10. The third kappa shape index (κ3) is 2.23. The van der Waals surface area contributed by atoms with Crippen molar-refractivity contribution in [3.8, 4) is 0 Å². The van der Waals surface area contributed by atoms with Gasteiger partial charge in [-0.2, -0.15) is 0 Å². The van der Waals surface area contributed by atoms with Crippen LogP contribution in [0.1, 0.15) is 16.1 Å². The zero-order chi connectivity index (χ0) is 15.0. The summed E-state index contributed by atoms with van der Waals surface area (Å²) in [6.45, 7) is 1.90. The summed E-state index contributed by atoms with van der Waals surface area (Å²) >= 11 is 0. The Labute approximate surface area is 121 Å². The number of fused-ring (bicyclic) bond motifs is 1. The van der Waals surface area contributed by atoms with Gasteiger partial charge in [-0.3, -0.25) is 9.78 Å². The summed E-state index contributed by atoms with van der Waals surface area (Å²) in [5.41, 5.74) is 1.71. The Morgan fingerprint density at radius 2 is 1.86 bits per heavy atom. The van der Waals surface area contributed by atoms with Crippen molar-refractivity contribution in [3.63, 3.8) is 0 Å². The van der Waals surface area contributed by atoms with Gasteiger partial charge >= 0.3 is 0 Å². The van der Waals surface area contributed by atoms with E-state index in [1.165, 1.54) is 16.4 Å². The molecule has 0 aliphatic rings. The van der Waals surface area contributed by atoms with Crippen LogP contribution in [-0.4, -0.2) is 23.7 Å². The second kappa shape index (κ2) is 4.82. The highest BCUT2D eigenvalue weighted by Crippen LogP contribution is 2.22. The van der Waals surface area contributed by atoms with E-state index in [2.05, 4.69) is 4.98 Å². The van der Waals surface area contributed by atoms with Crippen LogP contribution in [0, 0.1) is 6.92 Å². The van der Waals surface area contributed by atoms with Gasteiger partial charge in [0.2, 0.25) is 0 Å². The monoisotopic (exact) mass is 300 g/mol. The zero-order valence-corrected chi connectivity index (χ0v) is 12.0. The van der Waals surface area contributed by atoms with E-state index in [9.17, 15) is 13.2 Å². The number of pyridine rings is 1. The van der Waals surface area contributed by atoms with Crippen molar-refractivity contribution >= 4 is 27.2 Å². The predicted molar refractivity (Wildman–Crippen MR) is 78.9 cm³/mol.